The molecule has 0 radical (unpaired) electrons. The number of methoxy groups -OCH3 is 1. The summed E-state index contributed by atoms with van der Waals surface area (Å²) in [5.74, 6) is 0.773. The van der Waals surface area contributed by atoms with Crippen LogP contribution < -0.4 is 0 Å². The third-order valence-corrected chi connectivity index (χ3v) is 2.44. The van der Waals surface area contributed by atoms with Crippen molar-refractivity contribution in [3.8, 4) is 12.3 Å². The Hall–Kier alpha value is -2.32. The normalized spacial score (nSPS) is 9.68. The maximum Gasteiger partial charge on any atom is 0.323 e. The number of ether oxygens (including phenoxy) is 1. The first-order valence-corrected chi connectivity index (χ1v) is 5.61. The number of carboxylic acids is 1. The van der Waals surface area contributed by atoms with Crippen molar-refractivity contribution in [2.24, 2.45) is 0 Å². The zero-order valence-corrected chi connectivity index (χ0v) is 10.6. The molecule has 1 N–H and O–H groups in total. The summed E-state index contributed by atoms with van der Waals surface area (Å²) >= 11 is 0. The second-order valence-electron chi connectivity index (χ2n) is 3.85. The number of carbonyl (C=O) groups excluding carboxylic acids is 1. The number of carbonyl (C=O) groups is 2. The van der Waals surface area contributed by atoms with Gasteiger partial charge in [-0.15, -0.1) is 6.42 Å². The lowest BCUT2D eigenvalue weighted by molar-refractivity contribution is -0.137. The van der Waals surface area contributed by atoms with E-state index >= 15 is 0 Å². The van der Waals surface area contributed by atoms with Crippen LogP contribution in [-0.2, 0) is 16.1 Å². The SMILES string of the molecule is C#CCN(CC(=O)O)C(=O)c1ccccc1COC. The highest BCUT2D eigenvalue weighted by Crippen LogP contribution is 2.12. The number of terminal acetylenes is 1. The summed E-state index contributed by atoms with van der Waals surface area (Å²) < 4.78 is 5.01. The molecule has 19 heavy (non-hydrogen) atoms. The largest absolute Gasteiger partial charge is 0.480 e. The van der Waals surface area contributed by atoms with Gasteiger partial charge in [0.2, 0.25) is 0 Å². The van der Waals surface area contributed by atoms with E-state index in [1.54, 1.807) is 24.3 Å². The lowest BCUT2D eigenvalue weighted by atomic mass is 10.1. The highest BCUT2D eigenvalue weighted by atomic mass is 16.5. The molecule has 0 aliphatic rings. The fraction of sp³-hybridized carbons (Fsp3) is 0.286. The molecular weight excluding hydrogens is 246 g/mol. The van der Waals surface area contributed by atoms with Crippen LogP contribution in [0.2, 0.25) is 0 Å². The van der Waals surface area contributed by atoms with Gasteiger partial charge in [-0.1, -0.05) is 24.1 Å². The molecule has 0 saturated heterocycles. The Labute approximate surface area is 111 Å². The van der Waals surface area contributed by atoms with Crippen LogP contribution in [-0.4, -0.2) is 42.1 Å². The molecule has 0 heterocycles. The van der Waals surface area contributed by atoms with E-state index in [9.17, 15) is 9.59 Å². The molecular formula is C14H15NO4. The maximum atomic E-state index is 12.3. The number of hydrogen-bond acceptors (Lipinski definition) is 3. The predicted molar refractivity (Wildman–Crippen MR) is 69.5 cm³/mol. The molecule has 0 bridgehead atoms. The molecule has 5 nitrogen and oxygen atoms in total. The van der Waals surface area contributed by atoms with Gasteiger partial charge in [-0.3, -0.25) is 9.59 Å². The Morgan fingerprint density at radius 1 is 1.42 bits per heavy atom. The third-order valence-electron chi connectivity index (χ3n) is 2.44. The minimum Gasteiger partial charge on any atom is -0.480 e. The first kappa shape index (κ1) is 14.7. The molecule has 0 saturated carbocycles. The van der Waals surface area contributed by atoms with Crippen LogP contribution in [0.5, 0.6) is 0 Å². The highest BCUT2D eigenvalue weighted by Gasteiger charge is 2.19. The minimum atomic E-state index is -1.10. The van der Waals surface area contributed by atoms with Gasteiger partial charge in [-0.25, -0.2) is 0 Å². The Morgan fingerprint density at radius 3 is 2.68 bits per heavy atom. The van der Waals surface area contributed by atoms with Crippen molar-refractivity contribution in [1.82, 2.24) is 4.90 Å². The number of carboxylic acid groups (broad SMARTS) is 1. The maximum absolute atomic E-state index is 12.3. The van der Waals surface area contributed by atoms with Crippen LogP contribution in [0.15, 0.2) is 24.3 Å². The van der Waals surface area contributed by atoms with E-state index in [-0.39, 0.29) is 13.2 Å². The van der Waals surface area contributed by atoms with Crippen molar-refractivity contribution >= 4 is 11.9 Å². The minimum absolute atomic E-state index is 0.0492. The van der Waals surface area contributed by atoms with Crippen molar-refractivity contribution in [3.63, 3.8) is 0 Å². The van der Waals surface area contributed by atoms with Gasteiger partial charge in [0.25, 0.3) is 5.91 Å². The lowest BCUT2D eigenvalue weighted by Crippen LogP contribution is -2.36. The fourth-order valence-electron chi connectivity index (χ4n) is 1.65. The zero-order valence-electron chi connectivity index (χ0n) is 10.6. The summed E-state index contributed by atoms with van der Waals surface area (Å²) in [6.07, 6.45) is 5.16. The fourth-order valence-corrected chi connectivity index (χ4v) is 1.65. The van der Waals surface area contributed by atoms with Crippen molar-refractivity contribution in [3.05, 3.63) is 35.4 Å². The molecule has 0 unspecified atom stereocenters. The van der Waals surface area contributed by atoms with Gasteiger partial charge in [-0.2, -0.15) is 0 Å². The monoisotopic (exact) mass is 261 g/mol. The molecule has 1 amide bonds. The molecule has 5 heteroatoms. The number of nitrogens with zero attached hydrogens (tertiary/aromatic N) is 1. The van der Waals surface area contributed by atoms with E-state index in [4.69, 9.17) is 16.3 Å². The first-order valence-electron chi connectivity index (χ1n) is 5.61. The Morgan fingerprint density at radius 2 is 2.11 bits per heavy atom. The second-order valence-corrected chi connectivity index (χ2v) is 3.85. The second kappa shape index (κ2) is 7.19. The number of aliphatic carboxylic acids is 1. The van der Waals surface area contributed by atoms with Crippen molar-refractivity contribution in [2.45, 2.75) is 6.61 Å². The van der Waals surface area contributed by atoms with Crippen molar-refractivity contribution in [2.75, 3.05) is 20.2 Å². The molecule has 0 atom stereocenters. The number of hydrogen-bond donors (Lipinski definition) is 1. The highest BCUT2D eigenvalue weighted by molar-refractivity contribution is 5.97. The molecule has 1 aromatic carbocycles. The predicted octanol–water partition coefficient (Wildman–Crippen LogP) is 0.993. The molecule has 1 aromatic rings. The Balaban J connectivity index is 3.02. The van der Waals surface area contributed by atoms with Crippen LogP contribution in [0.3, 0.4) is 0 Å². The molecule has 1 rings (SSSR count). The van der Waals surface area contributed by atoms with Gasteiger partial charge >= 0.3 is 5.97 Å². The van der Waals surface area contributed by atoms with E-state index in [0.29, 0.717) is 11.1 Å². The zero-order chi connectivity index (χ0) is 14.3. The Kier molecular flexibility index (Phi) is 5.58. The quantitative estimate of drug-likeness (QED) is 0.776. The van der Waals surface area contributed by atoms with Crippen LogP contribution in [0.1, 0.15) is 15.9 Å². The average molecular weight is 261 g/mol. The van der Waals surface area contributed by atoms with Crippen molar-refractivity contribution < 1.29 is 19.4 Å². The van der Waals surface area contributed by atoms with Crippen LogP contribution in [0, 0.1) is 12.3 Å². The molecule has 0 aliphatic heterocycles. The molecule has 0 aromatic heterocycles. The van der Waals surface area contributed by atoms with Gasteiger partial charge in [0.05, 0.1) is 13.2 Å². The summed E-state index contributed by atoms with van der Waals surface area (Å²) in [7, 11) is 1.53. The van der Waals surface area contributed by atoms with Gasteiger partial charge in [0, 0.05) is 12.7 Å². The van der Waals surface area contributed by atoms with Gasteiger partial charge < -0.3 is 14.7 Å². The van der Waals surface area contributed by atoms with E-state index < -0.39 is 18.4 Å². The molecule has 0 fully saturated rings. The van der Waals surface area contributed by atoms with Crippen LogP contribution in [0.25, 0.3) is 0 Å². The van der Waals surface area contributed by atoms with Gasteiger partial charge in [0.15, 0.2) is 0 Å². The lowest BCUT2D eigenvalue weighted by Gasteiger charge is -2.19. The third kappa shape index (κ3) is 4.12. The van der Waals surface area contributed by atoms with E-state index in [2.05, 4.69) is 5.92 Å². The average Bonchev–Trinajstić information content (AvgIpc) is 2.38. The number of rotatable bonds is 6. The number of amides is 1. The first-order chi connectivity index (χ1) is 9.10. The Bertz CT molecular complexity index is 504. The standard InChI is InChI=1S/C14H15NO4/c1-3-8-15(9-13(16)17)14(18)12-7-5-4-6-11(12)10-19-2/h1,4-7H,8-10H2,2H3,(H,16,17). The topological polar surface area (TPSA) is 66.8 Å². The smallest absolute Gasteiger partial charge is 0.323 e. The van der Waals surface area contributed by atoms with E-state index in [1.165, 1.54) is 7.11 Å². The summed E-state index contributed by atoms with van der Waals surface area (Å²) in [6, 6.07) is 6.88. The summed E-state index contributed by atoms with van der Waals surface area (Å²) in [5, 5.41) is 8.79. The van der Waals surface area contributed by atoms with E-state index in [0.717, 1.165) is 4.90 Å². The summed E-state index contributed by atoms with van der Waals surface area (Å²) in [6.45, 7) is -0.199. The summed E-state index contributed by atoms with van der Waals surface area (Å²) in [5.41, 5.74) is 1.10. The van der Waals surface area contributed by atoms with Crippen molar-refractivity contribution in [1.29, 1.82) is 0 Å². The molecule has 100 valence electrons. The van der Waals surface area contributed by atoms with Crippen LogP contribution >= 0.6 is 0 Å². The number of benzene rings is 1. The molecule has 0 aliphatic carbocycles. The van der Waals surface area contributed by atoms with E-state index in [1.807, 2.05) is 0 Å². The molecule has 0 spiro atoms. The van der Waals surface area contributed by atoms with Crippen LogP contribution in [0.4, 0.5) is 0 Å². The van der Waals surface area contributed by atoms with Gasteiger partial charge in [0.1, 0.15) is 6.54 Å². The summed E-state index contributed by atoms with van der Waals surface area (Å²) in [4.78, 5) is 24.1. The van der Waals surface area contributed by atoms with Gasteiger partial charge in [-0.05, 0) is 11.6 Å².